The van der Waals surface area contributed by atoms with E-state index in [9.17, 15) is 0 Å². The largest absolute Gasteiger partial charge is 0.310 e. The third-order valence-electron chi connectivity index (χ3n) is 16.3. The summed E-state index contributed by atoms with van der Waals surface area (Å²) in [5.74, 6) is 0. The first-order valence-corrected chi connectivity index (χ1v) is 27.2. The van der Waals surface area contributed by atoms with Gasteiger partial charge >= 0.3 is 0 Å². The third kappa shape index (κ3) is 9.45. The van der Waals surface area contributed by atoms with Crippen molar-refractivity contribution in [1.82, 2.24) is 0 Å². The lowest BCUT2D eigenvalue weighted by molar-refractivity contribution is 0.590. The molecule has 2 heteroatoms. The van der Waals surface area contributed by atoms with Crippen molar-refractivity contribution < 1.29 is 0 Å². The molecule has 11 rings (SSSR count). The van der Waals surface area contributed by atoms with Crippen molar-refractivity contribution >= 4 is 58.4 Å². The Kier molecular flexibility index (Phi) is 12.6. The summed E-state index contributed by atoms with van der Waals surface area (Å²) in [5.41, 5.74) is 27.5. The molecule has 9 aromatic carbocycles. The highest BCUT2D eigenvalue weighted by atomic mass is 15.1. The molecule has 0 aromatic heterocycles. The maximum atomic E-state index is 2.42. The molecule has 0 amide bonds. The lowest BCUT2D eigenvalue weighted by atomic mass is 9.81. The first-order valence-electron chi connectivity index (χ1n) is 27.2. The summed E-state index contributed by atoms with van der Waals surface area (Å²) in [6.45, 7) is 27.5. The Morgan fingerprint density at radius 1 is 0.289 bits per heavy atom. The molecule has 0 N–H and O–H groups in total. The van der Waals surface area contributed by atoms with Crippen LogP contribution in [0.3, 0.4) is 0 Å². The van der Waals surface area contributed by atoms with Gasteiger partial charge in [0.2, 0.25) is 0 Å². The molecule has 2 nitrogen and oxygen atoms in total. The fourth-order valence-electron chi connectivity index (χ4n) is 11.6. The fourth-order valence-corrected chi connectivity index (χ4v) is 11.6. The van der Waals surface area contributed by atoms with Crippen LogP contribution in [0.5, 0.6) is 0 Å². The quantitative estimate of drug-likeness (QED) is 0.126. The van der Waals surface area contributed by atoms with Gasteiger partial charge in [0.15, 0.2) is 0 Å². The van der Waals surface area contributed by atoms with Gasteiger partial charge in [-0.05, 0) is 175 Å². The van der Waals surface area contributed by atoms with E-state index in [0.717, 1.165) is 22.7 Å². The maximum absolute atomic E-state index is 2.42. The van der Waals surface area contributed by atoms with Gasteiger partial charge in [-0.1, -0.05) is 226 Å². The van der Waals surface area contributed by atoms with Crippen LogP contribution in [0.25, 0.3) is 46.6 Å². The number of hydrogen-bond donors (Lipinski definition) is 0. The fraction of sp³-hybridized carbons (Fsp3) is 0.216. The molecule has 76 heavy (non-hydrogen) atoms. The van der Waals surface area contributed by atoms with Crippen molar-refractivity contribution in [2.75, 3.05) is 9.80 Å². The second kappa shape index (κ2) is 19.0. The average Bonchev–Trinajstić information content (AvgIpc) is 3.92. The van der Waals surface area contributed by atoms with E-state index in [-0.39, 0.29) is 21.7 Å². The van der Waals surface area contributed by atoms with E-state index in [4.69, 9.17) is 0 Å². The van der Waals surface area contributed by atoms with Crippen LogP contribution in [0.4, 0.5) is 34.1 Å². The summed E-state index contributed by atoms with van der Waals surface area (Å²) < 4.78 is 0. The summed E-state index contributed by atoms with van der Waals surface area (Å²) >= 11 is 0. The van der Waals surface area contributed by atoms with Crippen LogP contribution in [-0.2, 0) is 21.7 Å². The molecule has 0 atom stereocenters. The van der Waals surface area contributed by atoms with Gasteiger partial charge in [0.05, 0.1) is 0 Å². The molecule has 0 heterocycles. The van der Waals surface area contributed by atoms with Gasteiger partial charge in [0.1, 0.15) is 0 Å². The zero-order chi connectivity index (χ0) is 53.3. The van der Waals surface area contributed by atoms with Crippen molar-refractivity contribution in [2.24, 2.45) is 0 Å². The van der Waals surface area contributed by atoms with Crippen LogP contribution in [0.2, 0.25) is 0 Å². The lowest BCUT2D eigenvalue weighted by Crippen LogP contribution is -2.17. The number of benzene rings is 9. The standard InChI is InChI=1S/C74H72N2/c1-49-13-31-57(32-14-49)75(59-35-27-55(28-36-59)71(3,4)5)61-39-43-65-63-41-25-53(45-67(63)73(9,10)69(65)47-61)23-21-51-17-19-52(20-18-51)22-24-54-26-42-64-66-44-40-62(48-70(66)74(11,12)68(64)46-54)76(58-33-15-50(2)16-34-58)60-37-29-56(30-38-60)72(6,7)8/h13-48H,1-12H3. The Labute approximate surface area is 453 Å². The van der Waals surface area contributed by atoms with E-state index in [2.05, 4.69) is 311 Å². The second-order valence-electron chi connectivity index (χ2n) is 24.6. The predicted octanol–water partition coefficient (Wildman–Crippen LogP) is 20.8. The Morgan fingerprint density at radius 2 is 0.539 bits per heavy atom. The number of fused-ring (bicyclic) bond motifs is 6. The van der Waals surface area contributed by atoms with Crippen molar-refractivity contribution in [3.63, 3.8) is 0 Å². The van der Waals surface area contributed by atoms with E-state index >= 15 is 0 Å². The van der Waals surface area contributed by atoms with Crippen LogP contribution >= 0.6 is 0 Å². The van der Waals surface area contributed by atoms with Crippen LogP contribution < -0.4 is 9.80 Å². The summed E-state index contributed by atoms with van der Waals surface area (Å²) in [6.07, 6.45) is 8.99. The number of aryl methyl sites for hydroxylation is 2. The summed E-state index contributed by atoms with van der Waals surface area (Å²) in [6, 6.07) is 73.0. The Bertz CT molecular complexity index is 3430. The van der Waals surface area contributed by atoms with E-state index in [1.807, 2.05) is 0 Å². The second-order valence-corrected chi connectivity index (χ2v) is 24.6. The molecular formula is C74H72N2. The Morgan fingerprint density at radius 3 is 0.855 bits per heavy atom. The Hall–Kier alpha value is -7.94. The smallest absolute Gasteiger partial charge is 0.0465 e. The van der Waals surface area contributed by atoms with Crippen molar-refractivity contribution in [3.05, 3.63) is 261 Å². The van der Waals surface area contributed by atoms with E-state index in [0.29, 0.717) is 0 Å². The van der Waals surface area contributed by atoms with E-state index in [1.165, 1.54) is 100 Å². The number of hydrogen-bond acceptors (Lipinski definition) is 2. The number of rotatable bonds is 10. The van der Waals surface area contributed by atoms with Gasteiger partial charge in [-0.15, -0.1) is 0 Å². The van der Waals surface area contributed by atoms with E-state index < -0.39 is 0 Å². The molecule has 0 radical (unpaired) electrons. The minimum atomic E-state index is -0.167. The molecular weight excluding hydrogens is 917 g/mol. The molecule has 0 saturated carbocycles. The van der Waals surface area contributed by atoms with Crippen LogP contribution in [0, 0.1) is 13.8 Å². The Balaban J connectivity index is 0.796. The zero-order valence-corrected chi connectivity index (χ0v) is 46.7. The minimum Gasteiger partial charge on any atom is -0.310 e. The number of nitrogens with zero attached hydrogens (tertiary/aromatic N) is 2. The topological polar surface area (TPSA) is 6.48 Å². The first-order chi connectivity index (χ1) is 36.2. The SMILES string of the molecule is Cc1ccc(N(c2ccc(C(C)(C)C)cc2)c2ccc3c(c2)C(C)(C)c2cc(C=Cc4ccc(C=Cc5ccc6c(c5)C(C)(C)c5cc(N(c7ccc(C)cc7)c7ccc(C(C)(C)C)cc7)ccc5-6)cc4)ccc2-3)cc1. The van der Waals surface area contributed by atoms with Gasteiger partial charge < -0.3 is 9.80 Å². The molecule has 0 bridgehead atoms. The van der Waals surface area contributed by atoms with Gasteiger partial charge in [0, 0.05) is 45.0 Å². The van der Waals surface area contributed by atoms with Crippen LogP contribution in [-0.4, -0.2) is 0 Å². The van der Waals surface area contributed by atoms with Gasteiger partial charge in [-0.2, -0.15) is 0 Å². The molecule has 2 aliphatic rings. The molecule has 2 aliphatic carbocycles. The van der Waals surface area contributed by atoms with Gasteiger partial charge in [-0.3, -0.25) is 0 Å². The first kappa shape index (κ1) is 50.2. The molecule has 0 spiro atoms. The van der Waals surface area contributed by atoms with Crippen molar-refractivity contribution in [3.8, 4) is 22.3 Å². The highest BCUT2D eigenvalue weighted by Gasteiger charge is 2.38. The summed E-state index contributed by atoms with van der Waals surface area (Å²) in [4.78, 5) is 4.80. The molecule has 0 unspecified atom stereocenters. The van der Waals surface area contributed by atoms with Gasteiger partial charge in [-0.25, -0.2) is 0 Å². The van der Waals surface area contributed by atoms with Crippen molar-refractivity contribution in [2.45, 2.75) is 105 Å². The predicted molar refractivity (Wildman–Crippen MR) is 329 cm³/mol. The van der Waals surface area contributed by atoms with Crippen molar-refractivity contribution in [1.29, 1.82) is 0 Å². The van der Waals surface area contributed by atoms with Crippen LogP contribution in [0.1, 0.15) is 136 Å². The third-order valence-corrected chi connectivity index (χ3v) is 16.3. The maximum Gasteiger partial charge on any atom is 0.0465 e. The minimum absolute atomic E-state index is 0.0896. The van der Waals surface area contributed by atoms with E-state index in [1.54, 1.807) is 0 Å². The lowest BCUT2D eigenvalue weighted by Gasteiger charge is -2.29. The molecule has 9 aromatic rings. The monoisotopic (exact) mass is 989 g/mol. The highest BCUT2D eigenvalue weighted by molar-refractivity contribution is 5.89. The molecule has 0 aliphatic heterocycles. The molecule has 378 valence electrons. The summed E-state index contributed by atoms with van der Waals surface area (Å²) in [7, 11) is 0. The molecule has 0 saturated heterocycles. The molecule has 0 fully saturated rings. The summed E-state index contributed by atoms with van der Waals surface area (Å²) in [5, 5.41) is 0. The average molecular weight is 989 g/mol. The van der Waals surface area contributed by atoms with Crippen LogP contribution in [0.15, 0.2) is 194 Å². The van der Waals surface area contributed by atoms with Gasteiger partial charge in [0.25, 0.3) is 0 Å². The zero-order valence-electron chi connectivity index (χ0n) is 46.7. The normalized spacial score (nSPS) is 14.2. The number of anilines is 6. The highest BCUT2D eigenvalue weighted by Crippen LogP contribution is 2.53.